The van der Waals surface area contributed by atoms with E-state index in [1.54, 1.807) is 4.90 Å². The van der Waals surface area contributed by atoms with Gasteiger partial charge in [-0.1, -0.05) is 116 Å². The molecule has 0 heterocycles. The molecule has 0 atom stereocenters. The minimum absolute atomic E-state index is 0.00458. The first-order valence-electron chi connectivity index (χ1n) is 11.7. The van der Waals surface area contributed by atoms with Gasteiger partial charge in [0.25, 0.3) is 5.91 Å². The topological polar surface area (TPSA) is 20.3 Å². The van der Waals surface area contributed by atoms with Crippen molar-refractivity contribution in [3.05, 3.63) is 90.0 Å². The molecule has 170 valence electrons. The Hall–Kier alpha value is -2.87. The van der Waals surface area contributed by atoms with E-state index in [0.717, 1.165) is 22.4 Å². The molecule has 0 aromatic heterocycles. The summed E-state index contributed by atoms with van der Waals surface area (Å²) in [5.41, 5.74) is 4.76. The van der Waals surface area contributed by atoms with Crippen LogP contribution in [0.3, 0.4) is 0 Å². The van der Waals surface area contributed by atoms with E-state index in [4.69, 9.17) is 0 Å². The number of nitrogens with zero attached hydrogens (tertiary/aromatic N) is 1. The predicted molar refractivity (Wildman–Crippen MR) is 141 cm³/mol. The zero-order chi connectivity index (χ0) is 24.2. The smallest absolute Gasteiger partial charge is 0.258 e. The van der Waals surface area contributed by atoms with Gasteiger partial charge in [-0.2, -0.15) is 0 Å². The summed E-state index contributed by atoms with van der Waals surface area (Å²) in [7, 11) is 1.82. The van der Waals surface area contributed by atoms with Crippen molar-refractivity contribution in [2.24, 2.45) is 0 Å². The largest absolute Gasteiger partial charge is 0.311 e. The molecule has 31 heavy (non-hydrogen) atoms. The molecular formula is C29H43NO. The first-order valence-corrected chi connectivity index (χ1v) is 11.7. The molecule has 0 aliphatic carbocycles. The summed E-state index contributed by atoms with van der Waals surface area (Å²) in [5.74, 6) is -0.00458. The minimum atomic E-state index is -0.00458. The standard InChI is InChI=1S/C21H19NO.4C2H6/c1-16-9-8-12-18(15-16)22(2)21(23)20-14-7-6-13-19(20)17-10-4-3-5-11-17;4*1-2/h3-15H,1-2H3;4*1-2H3. The molecule has 0 saturated heterocycles. The van der Waals surface area contributed by atoms with E-state index >= 15 is 0 Å². The molecule has 3 aromatic carbocycles. The second kappa shape index (κ2) is 19.1. The van der Waals surface area contributed by atoms with Crippen molar-refractivity contribution in [2.45, 2.75) is 62.3 Å². The molecule has 0 aliphatic rings. The molecule has 0 aliphatic heterocycles. The van der Waals surface area contributed by atoms with Crippen molar-refractivity contribution in [1.29, 1.82) is 0 Å². The SMILES string of the molecule is CC.CC.CC.CC.Cc1cccc(N(C)C(=O)c2ccccc2-c2ccccc2)c1. The van der Waals surface area contributed by atoms with Crippen molar-refractivity contribution in [1.82, 2.24) is 0 Å². The van der Waals surface area contributed by atoms with Crippen LogP contribution in [-0.4, -0.2) is 13.0 Å². The van der Waals surface area contributed by atoms with Gasteiger partial charge in [-0.05, 0) is 41.8 Å². The molecule has 2 nitrogen and oxygen atoms in total. The first kappa shape index (κ1) is 30.3. The van der Waals surface area contributed by atoms with E-state index in [0.29, 0.717) is 5.56 Å². The van der Waals surface area contributed by atoms with Crippen LogP contribution in [0.4, 0.5) is 5.69 Å². The number of rotatable bonds is 3. The van der Waals surface area contributed by atoms with Crippen LogP contribution in [0.2, 0.25) is 0 Å². The molecular weight excluding hydrogens is 378 g/mol. The van der Waals surface area contributed by atoms with Gasteiger partial charge in [0.2, 0.25) is 0 Å². The van der Waals surface area contributed by atoms with Crippen LogP contribution in [0.15, 0.2) is 78.9 Å². The number of aryl methyl sites for hydroxylation is 1. The molecule has 2 heteroatoms. The average molecular weight is 422 g/mol. The second-order valence-corrected chi connectivity index (χ2v) is 5.61. The summed E-state index contributed by atoms with van der Waals surface area (Å²) in [6.07, 6.45) is 0. The number of anilines is 1. The molecule has 0 saturated carbocycles. The summed E-state index contributed by atoms with van der Waals surface area (Å²) in [6, 6.07) is 25.7. The Morgan fingerprint density at radius 1 is 0.645 bits per heavy atom. The van der Waals surface area contributed by atoms with Crippen LogP contribution >= 0.6 is 0 Å². The maximum atomic E-state index is 13.0. The van der Waals surface area contributed by atoms with Gasteiger partial charge in [0.05, 0.1) is 0 Å². The minimum Gasteiger partial charge on any atom is -0.311 e. The van der Waals surface area contributed by atoms with Crippen LogP contribution < -0.4 is 4.90 Å². The molecule has 3 aromatic rings. The number of hydrogen-bond donors (Lipinski definition) is 0. The van der Waals surface area contributed by atoms with Crippen molar-refractivity contribution in [3.63, 3.8) is 0 Å². The van der Waals surface area contributed by atoms with Crippen LogP contribution in [0.1, 0.15) is 71.3 Å². The third-order valence-corrected chi connectivity index (χ3v) is 3.94. The zero-order valence-electron chi connectivity index (χ0n) is 21.4. The van der Waals surface area contributed by atoms with Gasteiger partial charge in [0, 0.05) is 18.3 Å². The quantitative estimate of drug-likeness (QED) is 0.413. The fourth-order valence-corrected chi connectivity index (χ4v) is 2.67. The second-order valence-electron chi connectivity index (χ2n) is 5.61. The molecule has 3 rings (SSSR count). The van der Waals surface area contributed by atoms with Crippen molar-refractivity contribution >= 4 is 11.6 Å². The van der Waals surface area contributed by atoms with Gasteiger partial charge in [0.1, 0.15) is 0 Å². The molecule has 0 fully saturated rings. The molecule has 0 unspecified atom stereocenters. The number of carbonyl (C=O) groups is 1. The summed E-state index contributed by atoms with van der Waals surface area (Å²) in [5, 5.41) is 0. The lowest BCUT2D eigenvalue weighted by Crippen LogP contribution is -2.26. The molecule has 0 spiro atoms. The number of hydrogen-bond acceptors (Lipinski definition) is 1. The van der Waals surface area contributed by atoms with Gasteiger partial charge in [0.15, 0.2) is 0 Å². The van der Waals surface area contributed by atoms with Gasteiger partial charge < -0.3 is 4.90 Å². The Labute approximate surface area is 192 Å². The first-order chi connectivity index (χ1) is 15.2. The molecule has 0 N–H and O–H groups in total. The normalized spacial score (nSPS) is 8.45. The van der Waals surface area contributed by atoms with Crippen LogP contribution in [0, 0.1) is 6.92 Å². The van der Waals surface area contributed by atoms with Crippen LogP contribution in [-0.2, 0) is 0 Å². The van der Waals surface area contributed by atoms with Crippen molar-refractivity contribution < 1.29 is 4.79 Å². The fraction of sp³-hybridized carbons (Fsp3) is 0.345. The summed E-state index contributed by atoms with van der Waals surface area (Å²) in [4.78, 5) is 14.7. The van der Waals surface area contributed by atoms with Crippen LogP contribution in [0.5, 0.6) is 0 Å². The van der Waals surface area contributed by atoms with E-state index in [2.05, 4.69) is 0 Å². The third-order valence-electron chi connectivity index (χ3n) is 3.94. The number of amides is 1. The fourth-order valence-electron chi connectivity index (χ4n) is 2.67. The van der Waals surface area contributed by atoms with E-state index in [1.165, 1.54) is 0 Å². The highest BCUT2D eigenvalue weighted by molar-refractivity contribution is 6.09. The third kappa shape index (κ3) is 9.65. The molecule has 0 radical (unpaired) electrons. The van der Waals surface area contributed by atoms with Gasteiger partial charge in [-0.15, -0.1) is 0 Å². The Morgan fingerprint density at radius 3 is 1.71 bits per heavy atom. The van der Waals surface area contributed by atoms with E-state index in [1.807, 2.05) is 148 Å². The highest BCUT2D eigenvalue weighted by atomic mass is 16.2. The van der Waals surface area contributed by atoms with E-state index in [-0.39, 0.29) is 5.91 Å². The van der Waals surface area contributed by atoms with E-state index in [9.17, 15) is 4.79 Å². The lowest BCUT2D eigenvalue weighted by atomic mass is 9.99. The summed E-state index contributed by atoms with van der Waals surface area (Å²) >= 11 is 0. The van der Waals surface area contributed by atoms with Gasteiger partial charge in [-0.3, -0.25) is 4.79 Å². The highest BCUT2D eigenvalue weighted by Crippen LogP contribution is 2.26. The summed E-state index contributed by atoms with van der Waals surface area (Å²) in [6.45, 7) is 18.0. The lowest BCUT2D eigenvalue weighted by molar-refractivity contribution is 0.0993. The Morgan fingerprint density at radius 2 is 1.16 bits per heavy atom. The lowest BCUT2D eigenvalue weighted by Gasteiger charge is -2.19. The maximum Gasteiger partial charge on any atom is 0.258 e. The highest BCUT2D eigenvalue weighted by Gasteiger charge is 2.17. The van der Waals surface area contributed by atoms with Gasteiger partial charge in [-0.25, -0.2) is 0 Å². The maximum absolute atomic E-state index is 13.0. The zero-order valence-corrected chi connectivity index (χ0v) is 21.4. The molecule has 1 amide bonds. The Bertz CT molecular complexity index is 825. The monoisotopic (exact) mass is 421 g/mol. The van der Waals surface area contributed by atoms with E-state index < -0.39 is 0 Å². The van der Waals surface area contributed by atoms with Gasteiger partial charge >= 0.3 is 0 Å². The molecule has 0 bridgehead atoms. The predicted octanol–water partition coefficient (Wildman–Crippen LogP) is 9.04. The average Bonchev–Trinajstić information content (AvgIpc) is 2.88. The number of benzene rings is 3. The van der Waals surface area contributed by atoms with Crippen molar-refractivity contribution in [2.75, 3.05) is 11.9 Å². The van der Waals surface area contributed by atoms with Crippen LogP contribution in [0.25, 0.3) is 11.1 Å². The Kier molecular flexibility index (Phi) is 18.7. The Balaban J connectivity index is 0. The summed E-state index contributed by atoms with van der Waals surface area (Å²) < 4.78 is 0. The van der Waals surface area contributed by atoms with Crippen molar-refractivity contribution in [3.8, 4) is 11.1 Å². The number of carbonyl (C=O) groups excluding carboxylic acids is 1.